The van der Waals surface area contributed by atoms with E-state index in [4.69, 9.17) is 15.9 Å². The minimum atomic E-state index is -2.23. The highest BCUT2D eigenvalue weighted by Gasteiger charge is 2.49. The van der Waals surface area contributed by atoms with Crippen molar-refractivity contribution in [2.24, 2.45) is 0 Å². The summed E-state index contributed by atoms with van der Waals surface area (Å²) in [6, 6.07) is 4.74. The van der Waals surface area contributed by atoms with Crippen LogP contribution >= 0.6 is 0 Å². The van der Waals surface area contributed by atoms with Crippen LogP contribution in [0.1, 0.15) is 50.5 Å². The number of hydrogen-bond acceptors (Lipinski definition) is 12. The maximum atomic E-state index is 16.4. The van der Waals surface area contributed by atoms with Crippen molar-refractivity contribution in [2.75, 3.05) is 24.6 Å². The van der Waals surface area contributed by atoms with Gasteiger partial charge in [0, 0.05) is 36.5 Å². The summed E-state index contributed by atoms with van der Waals surface area (Å²) in [6.07, 6.45) is 9.90. The number of aliphatic hydroxyl groups excluding tert-OH is 1. The summed E-state index contributed by atoms with van der Waals surface area (Å²) in [5.74, 6) is -0.897. The van der Waals surface area contributed by atoms with E-state index >= 15 is 4.39 Å². The van der Waals surface area contributed by atoms with Gasteiger partial charge in [0.05, 0.1) is 11.6 Å². The Morgan fingerprint density at radius 2 is 1.86 bits per heavy atom. The average molecular weight is 682 g/mol. The molecule has 0 spiro atoms. The molecule has 3 fully saturated rings. The molecule has 4 aromatic rings. The van der Waals surface area contributed by atoms with Gasteiger partial charge in [0.1, 0.15) is 46.8 Å². The zero-order valence-corrected chi connectivity index (χ0v) is 26.2. The molecule has 0 amide bonds. The van der Waals surface area contributed by atoms with Crippen LogP contribution in [0.2, 0.25) is 0 Å². The van der Waals surface area contributed by atoms with Crippen LogP contribution in [0.3, 0.4) is 0 Å². The number of nitrogens with zero attached hydrogens (tertiary/aromatic N) is 5. The topological polar surface area (TPSA) is 165 Å². The highest BCUT2D eigenvalue weighted by molar-refractivity contribution is 6.04. The van der Waals surface area contributed by atoms with Crippen LogP contribution in [0.25, 0.3) is 32.9 Å². The number of alkyl halides is 1. The molecule has 5 N–H and O–H groups in total. The number of ether oxygens (including phenoxy) is 2. The third-order valence-electron chi connectivity index (χ3n) is 9.57. The van der Waals surface area contributed by atoms with Crippen molar-refractivity contribution in [3.8, 4) is 41.2 Å². The second kappa shape index (κ2) is 12.8. The number of halogens is 3. The van der Waals surface area contributed by atoms with Crippen LogP contribution in [0.4, 0.5) is 19.0 Å². The SMILES string of the molecule is C#Cc1c(F)ccc2cc(O)cc(-c3nc4c5c(nc(OC(O)O)nc5c3F)N3CCCCCC3CO4)c12.OC1(O)CCC2CC(F)CN21. The van der Waals surface area contributed by atoms with Gasteiger partial charge in [-0.2, -0.15) is 9.97 Å². The van der Waals surface area contributed by atoms with E-state index in [0.29, 0.717) is 37.0 Å². The van der Waals surface area contributed by atoms with Crippen molar-refractivity contribution in [1.82, 2.24) is 19.9 Å². The van der Waals surface area contributed by atoms with Crippen molar-refractivity contribution < 1.29 is 48.2 Å². The molecule has 3 atom stereocenters. The average Bonchev–Trinajstić information content (AvgIpc) is 3.39. The number of fused-ring (bicyclic) bond motifs is 4. The minimum Gasteiger partial charge on any atom is -0.508 e. The summed E-state index contributed by atoms with van der Waals surface area (Å²) in [5.41, 5.74) is -0.608. The fraction of sp³-hybridized carbons (Fsp3) is 0.441. The second-order valence-corrected chi connectivity index (χ2v) is 12.7. The molecule has 4 aliphatic heterocycles. The molecule has 6 heterocycles. The number of anilines is 1. The Kier molecular flexibility index (Phi) is 8.62. The highest BCUT2D eigenvalue weighted by atomic mass is 19.1. The zero-order chi connectivity index (χ0) is 34.6. The zero-order valence-electron chi connectivity index (χ0n) is 26.2. The number of benzene rings is 2. The Morgan fingerprint density at radius 1 is 1.04 bits per heavy atom. The standard InChI is InChI=1S/C27H22F2N4O5.C7H12FNO2/c1-2-16-18(28)8-7-13-10-15(34)11-17(19(13)16)22-21(29)23-20-24(32-26(31-23)38-27(35)36)33-9-5-3-4-6-14(33)12-37-25(20)30-22;8-5-3-6-1-2-7(10,11)9(6)4-5/h1,7-8,10-11,14,27,34-36H,3-6,9,12H2;5-6,10-11H,1-4H2. The summed E-state index contributed by atoms with van der Waals surface area (Å²) >= 11 is 0. The van der Waals surface area contributed by atoms with Crippen LogP contribution in [0.5, 0.6) is 17.6 Å². The first-order chi connectivity index (χ1) is 23.4. The van der Waals surface area contributed by atoms with Crippen molar-refractivity contribution in [1.29, 1.82) is 0 Å². The van der Waals surface area contributed by atoms with Gasteiger partial charge in [-0.25, -0.2) is 23.1 Å². The van der Waals surface area contributed by atoms with E-state index in [1.54, 1.807) is 0 Å². The number of phenolic OH excluding ortho intramolecular Hbond substituents is 1. The van der Waals surface area contributed by atoms with E-state index in [9.17, 15) is 34.3 Å². The first kappa shape index (κ1) is 33.1. The third-order valence-corrected chi connectivity index (χ3v) is 9.57. The molecule has 2 aromatic carbocycles. The first-order valence-electron chi connectivity index (χ1n) is 16.1. The number of aromatic hydroxyl groups is 1. The summed E-state index contributed by atoms with van der Waals surface area (Å²) in [5, 5.41) is 48.6. The van der Waals surface area contributed by atoms with E-state index in [-0.39, 0.29) is 70.0 Å². The molecule has 0 bridgehead atoms. The van der Waals surface area contributed by atoms with Gasteiger partial charge < -0.3 is 39.9 Å². The largest absolute Gasteiger partial charge is 0.508 e. The van der Waals surface area contributed by atoms with E-state index in [1.165, 1.54) is 29.2 Å². The van der Waals surface area contributed by atoms with E-state index in [1.807, 2.05) is 4.90 Å². The van der Waals surface area contributed by atoms with E-state index in [0.717, 1.165) is 25.7 Å². The summed E-state index contributed by atoms with van der Waals surface area (Å²) in [4.78, 5) is 16.4. The molecule has 258 valence electrons. The van der Waals surface area contributed by atoms with Gasteiger partial charge in [0.15, 0.2) is 5.82 Å². The number of terminal acetylenes is 1. The molecular weight excluding hydrogens is 647 g/mol. The monoisotopic (exact) mass is 681 g/mol. The second-order valence-electron chi connectivity index (χ2n) is 12.7. The van der Waals surface area contributed by atoms with Crippen molar-refractivity contribution >= 4 is 27.5 Å². The molecule has 2 aromatic heterocycles. The number of aliphatic hydroxyl groups is 4. The van der Waals surface area contributed by atoms with Gasteiger partial charge in [-0.1, -0.05) is 24.8 Å². The van der Waals surface area contributed by atoms with E-state index in [2.05, 4.69) is 20.9 Å². The first-order valence-corrected chi connectivity index (χ1v) is 16.1. The van der Waals surface area contributed by atoms with Gasteiger partial charge in [-0.3, -0.25) is 0 Å². The maximum absolute atomic E-state index is 16.4. The molecule has 0 saturated carbocycles. The molecule has 15 heteroatoms. The molecule has 0 aliphatic carbocycles. The molecule has 4 aliphatic rings. The minimum absolute atomic E-state index is 0.0373. The lowest BCUT2D eigenvalue weighted by molar-refractivity contribution is -0.246. The van der Waals surface area contributed by atoms with Crippen molar-refractivity contribution in [3.63, 3.8) is 0 Å². The molecular formula is C34H34F3N5O7. The summed E-state index contributed by atoms with van der Waals surface area (Å²) in [6.45, 7) is -1.20. The summed E-state index contributed by atoms with van der Waals surface area (Å²) in [7, 11) is 0. The van der Waals surface area contributed by atoms with Gasteiger partial charge in [-0.05, 0) is 49.3 Å². The predicted octanol–water partition coefficient (Wildman–Crippen LogP) is 3.43. The van der Waals surface area contributed by atoms with Gasteiger partial charge >= 0.3 is 12.5 Å². The van der Waals surface area contributed by atoms with Crippen molar-refractivity contribution in [3.05, 3.63) is 41.5 Å². The van der Waals surface area contributed by atoms with Gasteiger partial charge in [0.2, 0.25) is 11.8 Å². The highest BCUT2D eigenvalue weighted by Crippen LogP contribution is 2.44. The normalized spacial score (nSPS) is 22.8. The lowest BCUT2D eigenvalue weighted by atomic mass is 9.95. The lowest BCUT2D eigenvalue weighted by Crippen LogP contribution is -2.44. The molecule has 0 radical (unpaired) electrons. The Balaban J connectivity index is 0.000000290. The number of phenols is 1. The molecule has 3 saturated heterocycles. The molecule has 12 nitrogen and oxygen atoms in total. The Labute approximate surface area is 278 Å². The Hall–Kier alpha value is -4.46. The smallest absolute Gasteiger partial charge is 0.323 e. The van der Waals surface area contributed by atoms with Gasteiger partial charge in [0.25, 0.3) is 0 Å². The number of aromatic nitrogens is 3. The molecule has 8 rings (SSSR count). The number of hydrogen-bond donors (Lipinski definition) is 5. The number of pyridine rings is 1. The van der Waals surface area contributed by atoms with E-state index < -0.39 is 36.2 Å². The predicted molar refractivity (Wildman–Crippen MR) is 170 cm³/mol. The lowest BCUT2D eigenvalue weighted by Gasteiger charge is -2.29. The quantitative estimate of drug-likeness (QED) is 0.158. The number of rotatable bonds is 3. The van der Waals surface area contributed by atoms with Gasteiger partial charge in [-0.15, -0.1) is 6.42 Å². The molecule has 49 heavy (non-hydrogen) atoms. The van der Waals surface area contributed by atoms with Crippen LogP contribution in [0, 0.1) is 24.0 Å². The van der Waals surface area contributed by atoms with Crippen LogP contribution in [-0.4, -0.2) is 95.7 Å². The fourth-order valence-electron chi connectivity index (χ4n) is 7.37. The van der Waals surface area contributed by atoms with Crippen LogP contribution < -0.4 is 14.4 Å². The Bertz CT molecular complexity index is 1970. The van der Waals surface area contributed by atoms with Crippen LogP contribution in [-0.2, 0) is 0 Å². The summed E-state index contributed by atoms with van der Waals surface area (Å²) < 4.78 is 54.8. The fourth-order valence-corrected chi connectivity index (χ4v) is 7.37. The maximum Gasteiger partial charge on any atom is 0.323 e. The third kappa shape index (κ3) is 6.04. The Morgan fingerprint density at radius 3 is 2.61 bits per heavy atom. The molecule has 3 unspecified atom stereocenters. The van der Waals surface area contributed by atoms with Crippen molar-refractivity contribution in [2.45, 2.75) is 75.6 Å². The van der Waals surface area contributed by atoms with Crippen LogP contribution in [0.15, 0.2) is 24.3 Å².